The lowest BCUT2D eigenvalue weighted by Gasteiger charge is -2.57. The molecule has 3 aromatic rings. The van der Waals surface area contributed by atoms with Gasteiger partial charge >= 0.3 is 17.9 Å². The third-order valence-corrected chi connectivity index (χ3v) is 10.2. The predicted molar refractivity (Wildman–Crippen MR) is 159 cm³/mol. The van der Waals surface area contributed by atoms with Crippen molar-refractivity contribution in [2.45, 2.75) is 56.7 Å². The Morgan fingerprint density at radius 2 is 1.32 bits per heavy atom. The van der Waals surface area contributed by atoms with E-state index in [4.69, 9.17) is 23.7 Å². The summed E-state index contributed by atoms with van der Waals surface area (Å²) in [5, 5.41) is 0. The number of esters is 3. The Morgan fingerprint density at radius 1 is 0.795 bits per heavy atom. The largest absolute Gasteiger partial charge is 0.461 e. The van der Waals surface area contributed by atoms with Crippen LogP contribution >= 0.6 is 0 Å². The third kappa shape index (κ3) is 4.31. The molecular formula is C36H34O8. The molecule has 0 aromatic heterocycles. The predicted octanol–water partition coefficient (Wildman–Crippen LogP) is 5.58. The Kier molecular flexibility index (Phi) is 6.94. The fraction of sp³-hybridized carbons (Fsp3) is 0.361. The zero-order chi connectivity index (χ0) is 30.5. The number of hydrogen-bond donors (Lipinski definition) is 0. The van der Waals surface area contributed by atoms with Crippen molar-refractivity contribution in [1.82, 2.24) is 0 Å². The summed E-state index contributed by atoms with van der Waals surface area (Å²) in [5.74, 6) is -1.55. The molecule has 2 saturated heterocycles. The summed E-state index contributed by atoms with van der Waals surface area (Å²) in [4.78, 5) is 40.5. The lowest BCUT2D eigenvalue weighted by atomic mass is 9.51. The molecule has 0 amide bonds. The van der Waals surface area contributed by atoms with Crippen LogP contribution in [0.15, 0.2) is 103 Å². The van der Waals surface area contributed by atoms with E-state index in [0.717, 1.165) is 12.0 Å². The van der Waals surface area contributed by atoms with Gasteiger partial charge in [-0.2, -0.15) is 0 Å². The number of rotatable bonds is 7. The molecule has 226 valence electrons. The Morgan fingerprint density at radius 3 is 1.86 bits per heavy atom. The number of fused-ring (bicyclic) bond motifs is 2. The minimum absolute atomic E-state index is 0.00223. The fourth-order valence-electron chi connectivity index (χ4n) is 7.66. The van der Waals surface area contributed by atoms with Crippen molar-refractivity contribution < 1.29 is 38.1 Å². The number of carbonyl (C=O) groups is 3. The van der Waals surface area contributed by atoms with E-state index in [0.29, 0.717) is 29.7 Å². The molecule has 4 unspecified atom stereocenters. The molecule has 7 atom stereocenters. The highest BCUT2D eigenvalue weighted by Crippen LogP contribution is 2.72. The maximum absolute atomic E-state index is 13.7. The summed E-state index contributed by atoms with van der Waals surface area (Å²) in [6.07, 6.45) is 0.258. The van der Waals surface area contributed by atoms with Gasteiger partial charge in [-0.25, -0.2) is 14.4 Å². The van der Waals surface area contributed by atoms with Gasteiger partial charge in [-0.1, -0.05) is 73.2 Å². The molecule has 2 aliphatic heterocycles. The van der Waals surface area contributed by atoms with Crippen molar-refractivity contribution in [2.24, 2.45) is 10.8 Å². The molecule has 8 nitrogen and oxygen atoms in total. The summed E-state index contributed by atoms with van der Waals surface area (Å²) in [6.45, 7) is 4.40. The van der Waals surface area contributed by atoms with E-state index in [-0.39, 0.29) is 6.61 Å². The van der Waals surface area contributed by atoms with Crippen LogP contribution in [0.2, 0.25) is 0 Å². The minimum atomic E-state index is -0.969. The lowest BCUT2D eigenvalue weighted by Crippen LogP contribution is -2.66. The van der Waals surface area contributed by atoms with Crippen molar-refractivity contribution in [2.75, 3.05) is 13.2 Å². The van der Waals surface area contributed by atoms with E-state index in [1.807, 2.05) is 32.0 Å². The third-order valence-electron chi connectivity index (χ3n) is 10.2. The van der Waals surface area contributed by atoms with Crippen LogP contribution in [0.3, 0.4) is 0 Å². The normalized spacial score (nSPS) is 33.1. The van der Waals surface area contributed by atoms with Crippen LogP contribution in [-0.2, 0) is 23.7 Å². The minimum Gasteiger partial charge on any atom is -0.461 e. The van der Waals surface area contributed by atoms with Gasteiger partial charge in [0.15, 0.2) is 12.2 Å². The first kappa shape index (κ1) is 28.5. The zero-order valence-electron chi connectivity index (χ0n) is 24.6. The van der Waals surface area contributed by atoms with Gasteiger partial charge in [-0.15, -0.1) is 0 Å². The smallest absolute Gasteiger partial charge is 0.338 e. The van der Waals surface area contributed by atoms with Crippen molar-refractivity contribution in [3.63, 3.8) is 0 Å². The summed E-state index contributed by atoms with van der Waals surface area (Å²) >= 11 is 0. The number of epoxide rings is 1. The van der Waals surface area contributed by atoms with Gasteiger partial charge in [0, 0.05) is 5.41 Å². The summed E-state index contributed by atoms with van der Waals surface area (Å²) in [5.41, 5.74) is -0.381. The zero-order valence-corrected chi connectivity index (χ0v) is 24.6. The van der Waals surface area contributed by atoms with Gasteiger partial charge in [0.2, 0.25) is 0 Å². The molecule has 0 N–H and O–H groups in total. The molecule has 1 saturated carbocycles. The number of hydrogen-bond acceptors (Lipinski definition) is 8. The summed E-state index contributed by atoms with van der Waals surface area (Å²) in [7, 11) is 0. The van der Waals surface area contributed by atoms with E-state index in [2.05, 4.69) is 6.08 Å². The van der Waals surface area contributed by atoms with Gasteiger partial charge in [-0.05, 0) is 56.2 Å². The standard InChI is InChI=1S/C36H34O8/c1-23-18-19-35(21-40-31(37)24-12-6-3-7-13-24)27(20-23)42-30-28(43-32(38)25-14-8-4-9-15-25)29(34(35,2)36(30)22-41-36)44-33(39)26-16-10-5-11-17-26/h3-17,20,27-30H,18-19,21-22H2,1-2H3/t27?,28?,29?,30?,34-,35+,36-/m0/s1. The molecule has 3 fully saturated rings. The Labute approximate surface area is 255 Å². The van der Waals surface area contributed by atoms with Gasteiger partial charge in [-0.3, -0.25) is 0 Å². The average Bonchev–Trinajstić information content (AvgIpc) is 3.85. The van der Waals surface area contributed by atoms with E-state index < -0.39 is 58.8 Å². The first-order valence-electron chi connectivity index (χ1n) is 15.0. The monoisotopic (exact) mass is 594 g/mol. The highest BCUT2D eigenvalue weighted by molar-refractivity contribution is 5.91. The van der Waals surface area contributed by atoms with Crippen LogP contribution in [0.1, 0.15) is 57.8 Å². The van der Waals surface area contributed by atoms with Gasteiger partial charge in [0.1, 0.15) is 18.3 Å². The van der Waals surface area contributed by atoms with Gasteiger partial charge in [0.25, 0.3) is 0 Å². The van der Waals surface area contributed by atoms with E-state index in [1.165, 1.54) is 0 Å². The Balaban J connectivity index is 1.31. The van der Waals surface area contributed by atoms with Crippen molar-refractivity contribution in [3.8, 4) is 0 Å². The van der Waals surface area contributed by atoms with E-state index in [9.17, 15) is 14.4 Å². The van der Waals surface area contributed by atoms with Crippen LogP contribution in [0, 0.1) is 10.8 Å². The first-order chi connectivity index (χ1) is 21.3. The molecule has 4 aliphatic rings. The second-order valence-corrected chi connectivity index (χ2v) is 12.4. The average molecular weight is 595 g/mol. The number of ether oxygens (including phenoxy) is 5. The molecule has 44 heavy (non-hydrogen) atoms. The molecular weight excluding hydrogens is 560 g/mol. The van der Waals surface area contributed by atoms with Crippen LogP contribution < -0.4 is 0 Å². The quantitative estimate of drug-likeness (QED) is 0.151. The summed E-state index contributed by atoms with van der Waals surface area (Å²) in [6, 6.07) is 26.3. The van der Waals surface area contributed by atoms with Crippen LogP contribution in [-0.4, -0.2) is 61.1 Å². The maximum atomic E-state index is 13.7. The number of benzene rings is 3. The Hall–Kier alpha value is -4.27. The van der Waals surface area contributed by atoms with Gasteiger partial charge in [0.05, 0.1) is 34.8 Å². The van der Waals surface area contributed by atoms with E-state index in [1.54, 1.807) is 72.8 Å². The Bertz CT molecular complexity index is 1600. The fourth-order valence-corrected chi connectivity index (χ4v) is 7.66. The second-order valence-electron chi connectivity index (χ2n) is 12.4. The molecule has 2 aliphatic carbocycles. The molecule has 3 aromatic carbocycles. The highest BCUT2D eigenvalue weighted by atomic mass is 16.7. The molecule has 2 heterocycles. The lowest BCUT2D eigenvalue weighted by molar-refractivity contribution is -0.226. The van der Waals surface area contributed by atoms with Gasteiger partial charge < -0.3 is 23.7 Å². The topological polar surface area (TPSA) is 101 Å². The molecule has 1 spiro atoms. The van der Waals surface area contributed by atoms with Crippen LogP contribution in [0.5, 0.6) is 0 Å². The van der Waals surface area contributed by atoms with Crippen molar-refractivity contribution >= 4 is 17.9 Å². The highest BCUT2D eigenvalue weighted by Gasteiger charge is 2.86. The maximum Gasteiger partial charge on any atom is 0.338 e. The second kappa shape index (κ2) is 10.7. The summed E-state index contributed by atoms with van der Waals surface area (Å²) < 4.78 is 31.8. The van der Waals surface area contributed by atoms with Crippen LogP contribution in [0.25, 0.3) is 0 Å². The SMILES string of the molecule is CC1=CC2OC3C(OC(=O)c4ccccc4)C(OC(=O)c4ccccc4)[C@@](C)([C@@]2(COC(=O)c2ccccc2)CC1)[C@]31CO1. The number of allylic oxidation sites excluding steroid dienone is 1. The first-order valence-corrected chi connectivity index (χ1v) is 15.0. The molecule has 0 radical (unpaired) electrons. The van der Waals surface area contributed by atoms with Crippen LogP contribution in [0.4, 0.5) is 0 Å². The number of carbonyl (C=O) groups excluding carboxylic acids is 3. The van der Waals surface area contributed by atoms with Crippen molar-refractivity contribution in [1.29, 1.82) is 0 Å². The molecule has 8 heteroatoms. The van der Waals surface area contributed by atoms with Crippen molar-refractivity contribution in [3.05, 3.63) is 119 Å². The van der Waals surface area contributed by atoms with E-state index >= 15 is 0 Å². The molecule has 2 bridgehead atoms. The molecule has 7 rings (SSSR count).